The van der Waals surface area contributed by atoms with Crippen LogP contribution in [0.2, 0.25) is 0 Å². The van der Waals surface area contributed by atoms with Gasteiger partial charge in [-0.05, 0) is 61.1 Å². The van der Waals surface area contributed by atoms with E-state index in [0.29, 0.717) is 10.7 Å². The van der Waals surface area contributed by atoms with Crippen molar-refractivity contribution in [2.45, 2.75) is 19.1 Å². The molecule has 25 heavy (non-hydrogen) atoms. The second-order valence-electron chi connectivity index (χ2n) is 5.39. The van der Waals surface area contributed by atoms with Crippen LogP contribution in [0.5, 0.6) is 0 Å². The van der Waals surface area contributed by atoms with Crippen LogP contribution in [0.25, 0.3) is 0 Å². The van der Waals surface area contributed by atoms with E-state index in [0.717, 1.165) is 41.5 Å². The molecule has 0 unspecified atom stereocenters. The number of hydrogen-bond donors (Lipinski definition) is 2. The fourth-order valence-corrected chi connectivity index (χ4v) is 3.18. The molecule has 0 amide bonds. The zero-order chi connectivity index (χ0) is 18.1. The van der Waals surface area contributed by atoms with Crippen LogP contribution in [0, 0.1) is 6.92 Å². The summed E-state index contributed by atoms with van der Waals surface area (Å²) < 4.78 is 10.0. The van der Waals surface area contributed by atoms with Gasteiger partial charge in [0.2, 0.25) is 0 Å². The van der Waals surface area contributed by atoms with E-state index in [2.05, 4.69) is 10.6 Å². The summed E-state index contributed by atoms with van der Waals surface area (Å²) in [6.07, 6.45) is 2.69. The highest BCUT2D eigenvalue weighted by molar-refractivity contribution is 7.98. The number of thioether (sulfide) groups is 1. The van der Waals surface area contributed by atoms with Crippen LogP contribution in [0.3, 0.4) is 0 Å². The van der Waals surface area contributed by atoms with Gasteiger partial charge in [-0.1, -0.05) is 6.07 Å². The van der Waals surface area contributed by atoms with Crippen molar-refractivity contribution in [2.75, 3.05) is 24.7 Å². The fraction of sp³-hybridized carbons (Fsp3) is 0.333. The van der Waals surface area contributed by atoms with Crippen molar-refractivity contribution in [3.8, 4) is 0 Å². The second kappa shape index (κ2) is 10.1. The molecule has 0 atom stereocenters. The number of methoxy groups -OCH3 is 1. The number of thiocarbonyl (C=S) groups is 1. The Balaban J connectivity index is 1.70. The number of ether oxygens (including phenoxy) is 1. The van der Waals surface area contributed by atoms with Gasteiger partial charge in [-0.15, -0.1) is 0 Å². The number of carbonyl (C=O) groups is 1. The molecule has 1 heterocycles. The van der Waals surface area contributed by atoms with E-state index in [1.54, 1.807) is 18.4 Å². The van der Waals surface area contributed by atoms with E-state index in [4.69, 9.17) is 21.4 Å². The SMILES string of the molecule is COC(=O)c1ccc(C)c(NC(=S)NCCCSCc2ccco2)c1. The highest BCUT2D eigenvalue weighted by atomic mass is 32.2. The van der Waals surface area contributed by atoms with Gasteiger partial charge in [0, 0.05) is 12.2 Å². The van der Waals surface area contributed by atoms with Crippen LogP contribution in [0.1, 0.15) is 28.1 Å². The number of anilines is 1. The number of rotatable bonds is 8. The molecule has 0 bridgehead atoms. The van der Waals surface area contributed by atoms with E-state index in [1.807, 2.05) is 36.9 Å². The van der Waals surface area contributed by atoms with Gasteiger partial charge in [0.05, 0.1) is 24.7 Å². The first-order valence-electron chi connectivity index (χ1n) is 7.94. The van der Waals surface area contributed by atoms with E-state index in [1.165, 1.54) is 7.11 Å². The highest BCUT2D eigenvalue weighted by Crippen LogP contribution is 2.17. The molecule has 7 heteroatoms. The first kappa shape index (κ1) is 19.3. The van der Waals surface area contributed by atoms with Gasteiger partial charge in [-0.25, -0.2) is 4.79 Å². The summed E-state index contributed by atoms with van der Waals surface area (Å²) in [7, 11) is 1.37. The number of benzene rings is 1. The Morgan fingerprint density at radius 2 is 2.20 bits per heavy atom. The monoisotopic (exact) mass is 378 g/mol. The van der Waals surface area contributed by atoms with Crippen molar-refractivity contribution >= 4 is 40.7 Å². The second-order valence-corrected chi connectivity index (χ2v) is 6.90. The summed E-state index contributed by atoms with van der Waals surface area (Å²) in [6, 6.07) is 9.23. The maximum Gasteiger partial charge on any atom is 0.337 e. The van der Waals surface area contributed by atoms with Crippen molar-refractivity contribution in [2.24, 2.45) is 0 Å². The molecule has 2 rings (SSSR count). The zero-order valence-corrected chi connectivity index (χ0v) is 16.0. The molecule has 2 aromatic rings. The predicted molar refractivity (Wildman–Crippen MR) is 106 cm³/mol. The van der Waals surface area contributed by atoms with Gasteiger partial charge in [-0.3, -0.25) is 0 Å². The van der Waals surface area contributed by atoms with Gasteiger partial charge in [0.15, 0.2) is 5.11 Å². The van der Waals surface area contributed by atoms with Crippen molar-refractivity contribution < 1.29 is 13.9 Å². The van der Waals surface area contributed by atoms with Crippen LogP contribution < -0.4 is 10.6 Å². The standard InChI is InChI=1S/C18H22N2O3S2/c1-13-6-7-14(17(21)22-2)11-16(13)20-18(24)19-8-4-10-25-12-15-5-3-9-23-15/h3,5-7,9,11H,4,8,10,12H2,1-2H3,(H2,19,20,24). The third kappa shape index (κ3) is 6.43. The van der Waals surface area contributed by atoms with Crippen LogP contribution >= 0.6 is 24.0 Å². The van der Waals surface area contributed by atoms with Gasteiger partial charge in [-0.2, -0.15) is 11.8 Å². The zero-order valence-electron chi connectivity index (χ0n) is 14.3. The van der Waals surface area contributed by atoms with E-state index in [-0.39, 0.29) is 5.97 Å². The molecular formula is C18H22N2O3S2. The van der Waals surface area contributed by atoms with Gasteiger partial charge >= 0.3 is 5.97 Å². The van der Waals surface area contributed by atoms with Crippen LogP contribution in [0.15, 0.2) is 41.0 Å². The predicted octanol–water partition coefficient (Wildman–Crippen LogP) is 3.98. The summed E-state index contributed by atoms with van der Waals surface area (Å²) >= 11 is 7.14. The van der Waals surface area contributed by atoms with Gasteiger partial charge in [0.1, 0.15) is 5.76 Å². The Kier molecular flexibility index (Phi) is 7.81. The minimum Gasteiger partial charge on any atom is -0.468 e. The Bertz CT molecular complexity index is 702. The molecule has 0 saturated heterocycles. The largest absolute Gasteiger partial charge is 0.468 e. The quantitative estimate of drug-likeness (QED) is 0.409. The lowest BCUT2D eigenvalue weighted by molar-refractivity contribution is 0.0601. The molecule has 0 radical (unpaired) electrons. The average Bonchev–Trinajstić information content (AvgIpc) is 3.12. The van der Waals surface area contributed by atoms with E-state index < -0.39 is 0 Å². The number of esters is 1. The van der Waals surface area contributed by atoms with Gasteiger partial charge in [0.25, 0.3) is 0 Å². The number of nitrogens with one attached hydrogen (secondary N) is 2. The van der Waals surface area contributed by atoms with Crippen LogP contribution in [-0.4, -0.2) is 30.5 Å². The first-order valence-corrected chi connectivity index (χ1v) is 9.50. The molecule has 0 aliphatic heterocycles. The maximum absolute atomic E-state index is 11.6. The number of furan rings is 1. The molecule has 0 aliphatic rings. The van der Waals surface area contributed by atoms with Crippen molar-refractivity contribution in [3.63, 3.8) is 0 Å². The highest BCUT2D eigenvalue weighted by Gasteiger charge is 2.08. The average molecular weight is 379 g/mol. The number of carbonyl (C=O) groups excluding carboxylic acids is 1. The van der Waals surface area contributed by atoms with Crippen molar-refractivity contribution in [1.29, 1.82) is 0 Å². The molecule has 5 nitrogen and oxygen atoms in total. The summed E-state index contributed by atoms with van der Waals surface area (Å²) in [4.78, 5) is 11.6. The summed E-state index contributed by atoms with van der Waals surface area (Å²) in [5, 5.41) is 6.86. The molecule has 0 saturated carbocycles. The van der Waals surface area contributed by atoms with Crippen molar-refractivity contribution in [3.05, 3.63) is 53.5 Å². The molecule has 2 N–H and O–H groups in total. The Hall–Kier alpha value is -1.99. The lowest BCUT2D eigenvalue weighted by Gasteiger charge is -2.13. The summed E-state index contributed by atoms with van der Waals surface area (Å²) in [5.74, 6) is 2.54. The minimum absolute atomic E-state index is 0.365. The first-order chi connectivity index (χ1) is 12.1. The third-order valence-electron chi connectivity index (χ3n) is 3.48. The smallest absolute Gasteiger partial charge is 0.337 e. The Labute approximate surface area is 157 Å². The molecular weight excluding hydrogens is 356 g/mol. The third-order valence-corrected chi connectivity index (χ3v) is 4.79. The molecule has 0 spiro atoms. The molecule has 134 valence electrons. The van der Waals surface area contributed by atoms with E-state index in [9.17, 15) is 4.79 Å². The topological polar surface area (TPSA) is 63.5 Å². The molecule has 1 aromatic carbocycles. The van der Waals surface area contributed by atoms with Crippen LogP contribution in [0.4, 0.5) is 5.69 Å². The normalized spacial score (nSPS) is 10.3. The molecule has 0 aliphatic carbocycles. The van der Waals surface area contributed by atoms with Gasteiger partial charge < -0.3 is 19.8 Å². The summed E-state index contributed by atoms with van der Waals surface area (Å²) in [5.41, 5.74) is 2.30. The van der Waals surface area contributed by atoms with E-state index >= 15 is 0 Å². The maximum atomic E-state index is 11.6. The molecule has 1 aromatic heterocycles. The Morgan fingerprint density at radius 3 is 2.92 bits per heavy atom. The number of aryl methyl sites for hydroxylation is 1. The Morgan fingerprint density at radius 1 is 1.36 bits per heavy atom. The molecule has 0 fully saturated rings. The van der Waals surface area contributed by atoms with Crippen LogP contribution in [-0.2, 0) is 10.5 Å². The van der Waals surface area contributed by atoms with Crippen molar-refractivity contribution in [1.82, 2.24) is 5.32 Å². The lowest BCUT2D eigenvalue weighted by atomic mass is 10.1. The summed E-state index contributed by atoms with van der Waals surface area (Å²) in [6.45, 7) is 2.74. The fourth-order valence-electron chi connectivity index (χ4n) is 2.11. The minimum atomic E-state index is -0.365. The lowest BCUT2D eigenvalue weighted by Crippen LogP contribution is -2.29. The number of hydrogen-bond acceptors (Lipinski definition) is 5.